The van der Waals surface area contributed by atoms with Gasteiger partial charge in [-0.1, -0.05) is 31.5 Å². The number of ether oxygens (including phenoxy) is 1. The molecule has 0 atom stereocenters. The monoisotopic (exact) mass is 365 g/mol. The summed E-state index contributed by atoms with van der Waals surface area (Å²) in [6.45, 7) is 16.9. The van der Waals surface area contributed by atoms with Crippen molar-refractivity contribution in [3.05, 3.63) is 45.8 Å². The van der Waals surface area contributed by atoms with Gasteiger partial charge in [-0.3, -0.25) is 0 Å². The Morgan fingerprint density at radius 1 is 0.926 bits per heavy atom. The van der Waals surface area contributed by atoms with Crippen LogP contribution in [0.25, 0.3) is 16.7 Å². The van der Waals surface area contributed by atoms with Crippen molar-refractivity contribution < 1.29 is 4.74 Å². The zero-order valence-corrected chi connectivity index (χ0v) is 17.9. The summed E-state index contributed by atoms with van der Waals surface area (Å²) in [4.78, 5) is 4.92. The number of hydrogen-bond donors (Lipinski definition) is 0. The van der Waals surface area contributed by atoms with Crippen molar-refractivity contribution >= 4 is 11.0 Å². The van der Waals surface area contributed by atoms with Crippen molar-refractivity contribution in [2.75, 3.05) is 0 Å². The van der Waals surface area contributed by atoms with Gasteiger partial charge in [-0.15, -0.1) is 0 Å². The fourth-order valence-corrected chi connectivity index (χ4v) is 3.91. The first kappa shape index (κ1) is 19.4. The van der Waals surface area contributed by atoms with Crippen LogP contribution in [-0.4, -0.2) is 20.9 Å². The molecule has 2 heterocycles. The van der Waals surface area contributed by atoms with Crippen LogP contribution in [0.2, 0.25) is 0 Å². The second kappa shape index (κ2) is 7.34. The van der Waals surface area contributed by atoms with E-state index in [9.17, 15) is 0 Å². The third kappa shape index (κ3) is 3.33. The van der Waals surface area contributed by atoms with Gasteiger partial charge in [-0.25, -0.2) is 9.67 Å². The Labute approximate surface area is 162 Å². The second-order valence-electron chi connectivity index (χ2n) is 7.65. The summed E-state index contributed by atoms with van der Waals surface area (Å²) in [6.07, 6.45) is 2.18. The zero-order chi connectivity index (χ0) is 19.9. The van der Waals surface area contributed by atoms with Crippen molar-refractivity contribution in [2.45, 2.75) is 74.3 Å². The van der Waals surface area contributed by atoms with Crippen molar-refractivity contribution in [1.29, 1.82) is 0 Å². The standard InChI is InChI=1S/C23H31N3O/c1-9-19(10-2)27-22-16(6)17(7)24-23-20(22)18(8)25-26(23)21-14(4)11-13(3)12-15(21)5/h11-12,19H,9-10H2,1-8H3. The summed E-state index contributed by atoms with van der Waals surface area (Å²) in [5.74, 6) is 0.942. The Balaban J connectivity index is 2.32. The SMILES string of the molecule is CCC(CC)Oc1c(C)c(C)nc2c1c(C)nn2-c1c(C)cc(C)cc1C. The fourth-order valence-electron chi connectivity index (χ4n) is 3.91. The maximum absolute atomic E-state index is 6.45. The molecule has 0 radical (unpaired) electrons. The lowest BCUT2D eigenvalue weighted by Gasteiger charge is -2.19. The van der Waals surface area contributed by atoms with E-state index < -0.39 is 0 Å². The van der Waals surface area contributed by atoms with Crippen LogP contribution in [0.5, 0.6) is 5.75 Å². The van der Waals surface area contributed by atoms with Crippen molar-refractivity contribution in [3.8, 4) is 11.4 Å². The Kier molecular flexibility index (Phi) is 5.27. The van der Waals surface area contributed by atoms with Gasteiger partial charge in [0.15, 0.2) is 5.65 Å². The molecule has 0 spiro atoms. The molecule has 0 aliphatic rings. The molecule has 0 N–H and O–H groups in total. The molecule has 144 valence electrons. The van der Waals surface area contributed by atoms with Crippen LogP contribution in [0, 0.1) is 41.5 Å². The van der Waals surface area contributed by atoms with Crippen molar-refractivity contribution in [1.82, 2.24) is 14.8 Å². The summed E-state index contributed by atoms with van der Waals surface area (Å²) < 4.78 is 8.45. The number of rotatable bonds is 5. The number of nitrogens with zero attached hydrogens (tertiary/aromatic N) is 3. The van der Waals surface area contributed by atoms with Gasteiger partial charge >= 0.3 is 0 Å². The van der Waals surface area contributed by atoms with Crippen LogP contribution in [0.1, 0.15) is 60.3 Å². The summed E-state index contributed by atoms with van der Waals surface area (Å²) in [5, 5.41) is 5.92. The van der Waals surface area contributed by atoms with E-state index in [1.165, 1.54) is 16.7 Å². The minimum absolute atomic E-state index is 0.208. The third-order valence-corrected chi connectivity index (χ3v) is 5.46. The maximum Gasteiger partial charge on any atom is 0.167 e. The molecular formula is C23H31N3O. The lowest BCUT2D eigenvalue weighted by molar-refractivity contribution is 0.194. The molecule has 4 nitrogen and oxygen atoms in total. The first-order valence-corrected chi connectivity index (χ1v) is 9.89. The van der Waals surface area contributed by atoms with Crippen LogP contribution in [0.15, 0.2) is 12.1 Å². The highest BCUT2D eigenvalue weighted by molar-refractivity contribution is 5.88. The van der Waals surface area contributed by atoms with E-state index >= 15 is 0 Å². The molecular weight excluding hydrogens is 334 g/mol. The lowest BCUT2D eigenvalue weighted by Crippen LogP contribution is -2.15. The Hall–Kier alpha value is -2.36. The molecule has 0 aliphatic heterocycles. The summed E-state index contributed by atoms with van der Waals surface area (Å²) in [5.41, 5.74) is 8.73. The van der Waals surface area contributed by atoms with Gasteiger partial charge < -0.3 is 4.74 Å². The molecule has 0 unspecified atom stereocenters. The van der Waals surface area contributed by atoms with E-state index in [4.69, 9.17) is 14.8 Å². The van der Waals surface area contributed by atoms with Gasteiger partial charge in [-0.2, -0.15) is 5.10 Å². The third-order valence-electron chi connectivity index (χ3n) is 5.46. The Morgan fingerprint density at radius 3 is 2.07 bits per heavy atom. The van der Waals surface area contributed by atoms with E-state index in [0.29, 0.717) is 0 Å². The maximum atomic E-state index is 6.45. The van der Waals surface area contributed by atoms with Gasteiger partial charge in [0, 0.05) is 11.3 Å². The molecule has 4 heteroatoms. The molecule has 0 saturated heterocycles. The predicted octanol–water partition coefficient (Wildman–Crippen LogP) is 5.84. The Morgan fingerprint density at radius 2 is 1.52 bits per heavy atom. The highest BCUT2D eigenvalue weighted by Gasteiger charge is 2.22. The highest BCUT2D eigenvalue weighted by Crippen LogP contribution is 2.36. The van der Waals surface area contributed by atoms with Crippen LogP contribution in [0.4, 0.5) is 0 Å². The van der Waals surface area contributed by atoms with E-state index in [1.807, 2.05) is 11.6 Å². The minimum atomic E-state index is 0.208. The first-order valence-electron chi connectivity index (χ1n) is 9.89. The molecule has 3 aromatic rings. The molecule has 1 aromatic carbocycles. The normalized spacial score (nSPS) is 11.6. The molecule has 2 aromatic heterocycles. The Bertz CT molecular complexity index is 974. The quantitative estimate of drug-likeness (QED) is 0.570. The van der Waals surface area contributed by atoms with Crippen molar-refractivity contribution in [3.63, 3.8) is 0 Å². The number of benzene rings is 1. The molecule has 0 fully saturated rings. The van der Waals surface area contributed by atoms with Gasteiger partial charge in [0.1, 0.15) is 5.75 Å². The van der Waals surface area contributed by atoms with E-state index in [-0.39, 0.29) is 6.10 Å². The van der Waals surface area contributed by atoms with Crippen molar-refractivity contribution in [2.24, 2.45) is 0 Å². The van der Waals surface area contributed by atoms with Gasteiger partial charge in [0.25, 0.3) is 0 Å². The van der Waals surface area contributed by atoms with E-state index in [2.05, 4.69) is 60.6 Å². The van der Waals surface area contributed by atoms with Crippen LogP contribution < -0.4 is 4.74 Å². The number of aryl methyl sites for hydroxylation is 5. The summed E-state index contributed by atoms with van der Waals surface area (Å²) in [6, 6.07) is 4.40. The summed E-state index contributed by atoms with van der Waals surface area (Å²) in [7, 11) is 0. The van der Waals surface area contributed by atoms with Gasteiger partial charge in [0.05, 0.1) is 22.9 Å². The molecule has 3 rings (SSSR count). The number of hydrogen-bond acceptors (Lipinski definition) is 3. The molecule has 0 amide bonds. The van der Waals surface area contributed by atoms with Crippen LogP contribution in [-0.2, 0) is 0 Å². The minimum Gasteiger partial charge on any atom is -0.489 e. The lowest BCUT2D eigenvalue weighted by atomic mass is 10.1. The predicted molar refractivity (Wildman–Crippen MR) is 112 cm³/mol. The molecule has 0 bridgehead atoms. The number of fused-ring (bicyclic) bond motifs is 1. The summed E-state index contributed by atoms with van der Waals surface area (Å²) >= 11 is 0. The first-order chi connectivity index (χ1) is 12.8. The zero-order valence-electron chi connectivity index (χ0n) is 17.9. The van der Waals surface area contributed by atoms with Crippen LogP contribution in [0.3, 0.4) is 0 Å². The average Bonchev–Trinajstić information content (AvgIpc) is 2.91. The molecule has 0 saturated carbocycles. The smallest absolute Gasteiger partial charge is 0.167 e. The largest absolute Gasteiger partial charge is 0.489 e. The average molecular weight is 366 g/mol. The van der Waals surface area contributed by atoms with Gasteiger partial charge in [-0.05, 0) is 65.5 Å². The fraction of sp³-hybridized carbons (Fsp3) is 0.478. The second-order valence-corrected chi connectivity index (χ2v) is 7.65. The topological polar surface area (TPSA) is 39.9 Å². The molecule has 0 aliphatic carbocycles. The van der Waals surface area contributed by atoms with E-state index in [1.54, 1.807) is 0 Å². The van der Waals surface area contributed by atoms with Gasteiger partial charge in [0.2, 0.25) is 0 Å². The number of aromatic nitrogens is 3. The van der Waals surface area contributed by atoms with E-state index in [0.717, 1.165) is 52.3 Å². The van der Waals surface area contributed by atoms with Crippen LogP contribution >= 0.6 is 0 Å². The highest BCUT2D eigenvalue weighted by atomic mass is 16.5. The molecule has 27 heavy (non-hydrogen) atoms. The number of pyridine rings is 1.